The van der Waals surface area contributed by atoms with Gasteiger partial charge in [0.05, 0.1) is 18.2 Å². The largest absolute Gasteiger partial charge is 0.469 e. The van der Waals surface area contributed by atoms with E-state index in [1.165, 1.54) is 19.2 Å². The van der Waals surface area contributed by atoms with Gasteiger partial charge in [0.15, 0.2) is 0 Å². The first kappa shape index (κ1) is 21.9. The Balaban J connectivity index is 2.12. The molecule has 1 atom stereocenters. The number of esters is 1. The lowest BCUT2D eigenvalue weighted by atomic mass is 10.1. The molecule has 10 heteroatoms. The molecule has 0 fully saturated rings. The molecule has 1 unspecified atom stereocenters. The molecule has 1 aliphatic heterocycles. The number of ether oxygens (including phenoxy) is 2. The summed E-state index contributed by atoms with van der Waals surface area (Å²) < 4.78 is 9.62. The van der Waals surface area contributed by atoms with Crippen molar-refractivity contribution >= 4 is 29.8 Å². The van der Waals surface area contributed by atoms with Crippen LogP contribution in [0.3, 0.4) is 0 Å². The standard InChI is InChI=1S/C19H22N2O8/c1-19(2,3)28-18(26)20-13(9-10-14(22)27-4)17(25)29-21-15(23)11-7-5-6-8-12(11)16(21)24/h5-8,13H,9-10H2,1-4H3,(H,20,26). The van der Waals surface area contributed by atoms with Crippen LogP contribution in [0.25, 0.3) is 0 Å². The monoisotopic (exact) mass is 406 g/mol. The van der Waals surface area contributed by atoms with E-state index < -0.39 is 41.5 Å². The predicted molar refractivity (Wildman–Crippen MR) is 97.4 cm³/mol. The Bertz CT molecular complexity index is 808. The van der Waals surface area contributed by atoms with Crippen LogP contribution in [0.5, 0.6) is 0 Å². The number of hydrogen-bond acceptors (Lipinski definition) is 8. The zero-order chi connectivity index (χ0) is 21.8. The number of carbonyl (C=O) groups is 5. The predicted octanol–water partition coefficient (Wildman–Crippen LogP) is 1.59. The van der Waals surface area contributed by atoms with Gasteiger partial charge in [-0.1, -0.05) is 17.2 Å². The summed E-state index contributed by atoms with van der Waals surface area (Å²) >= 11 is 0. The minimum absolute atomic E-state index is 0.0940. The number of methoxy groups -OCH3 is 1. The van der Waals surface area contributed by atoms with Crippen molar-refractivity contribution in [3.05, 3.63) is 35.4 Å². The van der Waals surface area contributed by atoms with Crippen LogP contribution >= 0.6 is 0 Å². The molecule has 156 valence electrons. The highest BCUT2D eigenvalue weighted by Gasteiger charge is 2.40. The minimum atomic E-state index is -1.35. The van der Waals surface area contributed by atoms with Gasteiger partial charge in [0.25, 0.3) is 11.8 Å². The van der Waals surface area contributed by atoms with Crippen LogP contribution < -0.4 is 5.32 Å². The molecule has 2 rings (SSSR count). The number of amides is 3. The van der Waals surface area contributed by atoms with E-state index in [0.717, 1.165) is 0 Å². The zero-order valence-electron chi connectivity index (χ0n) is 16.5. The molecular formula is C19H22N2O8. The molecular weight excluding hydrogens is 384 g/mol. The first-order valence-electron chi connectivity index (χ1n) is 8.79. The lowest BCUT2D eigenvalue weighted by molar-refractivity contribution is -0.171. The summed E-state index contributed by atoms with van der Waals surface area (Å²) in [5, 5.41) is 2.61. The third-order valence-corrected chi connectivity index (χ3v) is 3.78. The van der Waals surface area contributed by atoms with E-state index in [1.807, 2.05) is 0 Å². The van der Waals surface area contributed by atoms with Gasteiger partial charge in [0.1, 0.15) is 11.6 Å². The number of nitrogens with zero attached hydrogens (tertiary/aromatic N) is 1. The van der Waals surface area contributed by atoms with Crippen molar-refractivity contribution in [2.24, 2.45) is 0 Å². The SMILES string of the molecule is COC(=O)CCC(NC(=O)OC(C)(C)C)C(=O)ON1C(=O)c2ccccc2C1=O. The fraction of sp³-hybridized carbons (Fsp3) is 0.421. The molecule has 0 saturated heterocycles. The first-order valence-corrected chi connectivity index (χ1v) is 8.79. The number of rotatable bonds is 6. The first-order chi connectivity index (χ1) is 13.5. The average molecular weight is 406 g/mol. The molecule has 3 amide bonds. The van der Waals surface area contributed by atoms with Crippen LogP contribution in [-0.2, 0) is 23.9 Å². The topological polar surface area (TPSA) is 128 Å². The van der Waals surface area contributed by atoms with Gasteiger partial charge in [-0.25, -0.2) is 9.59 Å². The highest BCUT2D eigenvalue weighted by molar-refractivity contribution is 6.20. The molecule has 0 bridgehead atoms. The Morgan fingerprint density at radius 1 is 1.07 bits per heavy atom. The van der Waals surface area contributed by atoms with E-state index in [2.05, 4.69) is 10.1 Å². The zero-order valence-corrected chi connectivity index (χ0v) is 16.5. The van der Waals surface area contributed by atoms with Crippen molar-refractivity contribution in [1.82, 2.24) is 10.4 Å². The second-order valence-electron chi connectivity index (χ2n) is 7.17. The van der Waals surface area contributed by atoms with Crippen LogP contribution in [0.4, 0.5) is 4.79 Å². The smallest absolute Gasteiger partial charge is 0.408 e. The molecule has 1 aromatic carbocycles. The molecule has 0 aromatic heterocycles. The van der Waals surface area contributed by atoms with Crippen molar-refractivity contribution in [2.45, 2.75) is 45.3 Å². The maximum Gasteiger partial charge on any atom is 0.408 e. The van der Waals surface area contributed by atoms with E-state index in [0.29, 0.717) is 5.06 Å². The van der Waals surface area contributed by atoms with E-state index in [4.69, 9.17) is 9.57 Å². The Kier molecular flexibility index (Phi) is 6.57. The van der Waals surface area contributed by atoms with E-state index in [-0.39, 0.29) is 24.0 Å². The van der Waals surface area contributed by atoms with Gasteiger partial charge >= 0.3 is 18.0 Å². The maximum atomic E-state index is 12.6. The van der Waals surface area contributed by atoms with Crippen LogP contribution in [-0.4, -0.2) is 53.7 Å². The van der Waals surface area contributed by atoms with E-state index in [1.54, 1.807) is 32.9 Å². The molecule has 1 aliphatic rings. The molecule has 1 N–H and O–H groups in total. The molecule has 0 spiro atoms. The van der Waals surface area contributed by atoms with Crippen LogP contribution in [0.2, 0.25) is 0 Å². The van der Waals surface area contributed by atoms with E-state index >= 15 is 0 Å². The minimum Gasteiger partial charge on any atom is -0.469 e. The van der Waals surface area contributed by atoms with Crippen LogP contribution in [0, 0.1) is 0 Å². The summed E-state index contributed by atoms with van der Waals surface area (Å²) in [4.78, 5) is 65.6. The summed E-state index contributed by atoms with van der Waals surface area (Å²) in [5.41, 5.74) is -0.642. The van der Waals surface area contributed by atoms with Crippen molar-refractivity contribution < 1.29 is 38.3 Å². The third-order valence-electron chi connectivity index (χ3n) is 3.78. The lowest BCUT2D eigenvalue weighted by Gasteiger charge is -2.23. The fourth-order valence-electron chi connectivity index (χ4n) is 2.47. The van der Waals surface area contributed by atoms with Crippen molar-refractivity contribution in [2.75, 3.05) is 7.11 Å². The molecule has 29 heavy (non-hydrogen) atoms. The number of alkyl carbamates (subject to hydrolysis) is 1. The summed E-state index contributed by atoms with van der Waals surface area (Å²) in [7, 11) is 1.18. The third kappa shape index (κ3) is 5.53. The number of imide groups is 1. The number of hydroxylamine groups is 2. The van der Waals surface area contributed by atoms with Crippen molar-refractivity contribution in [3.8, 4) is 0 Å². The van der Waals surface area contributed by atoms with Gasteiger partial charge in [0.2, 0.25) is 0 Å². The van der Waals surface area contributed by atoms with Gasteiger partial charge in [-0.15, -0.1) is 0 Å². The molecule has 10 nitrogen and oxygen atoms in total. The average Bonchev–Trinajstić information content (AvgIpc) is 2.88. The number of carbonyl (C=O) groups excluding carboxylic acids is 5. The molecule has 0 saturated carbocycles. The Labute approximate surface area is 167 Å². The quantitative estimate of drug-likeness (QED) is 0.557. The molecule has 0 aliphatic carbocycles. The second-order valence-corrected chi connectivity index (χ2v) is 7.17. The highest BCUT2D eigenvalue weighted by atomic mass is 16.7. The summed E-state index contributed by atoms with van der Waals surface area (Å²) in [6, 6.07) is 4.64. The Hall–Kier alpha value is -3.43. The second kappa shape index (κ2) is 8.72. The van der Waals surface area contributed by atoms with Crippen molar-refractivity contribution in [1.29, 1.82) is 0 Å². The summed E-state index contributed by atoms with van der Waals surface area (Å²) in [6.45, 7) is 4.90. The fourth-order valence-corrected chi connectivity index (χ4v) is 2.47. The van der Waals surface area contributed by atoms with Gasteiger partial charge in [-0.2, -0.15) is 0 Å². The van der Waals surface area contributed by atoms with E-state index in [9.17, 15) is 24.0 Å². The maximum absolute atomic E-state index is 12.6. The van der Waals surface area contributed by atoms with Crippen molar-refractivity contribution in [3.63, 3.8) is 0 Å². The van der Waals surface area contributed by atoms with Crippen LogP contribution in [0.1, 0.15) is 54.3 Å². The Morgan fingerprint density at radius 3 is 2.10 bits per heavy atom. The number of nitrogens with one attached hydrogen (secondary N) is 1. The van der Waals surface area contributed by atoms with Gasteiger partial charge < -0.3 is 19.6 Å². The summed E-state index contributed by atoms with van der Waals surface area (Å²) in [5.74, 6) is -3.32. The lowest BCUT2D eigenvalue weighted by Crippen LogP contribution is -2.47. The number of fused-ring (bicyclic) bond motifs is 1. The Morgan fingerprint density at radius 2 is 1.62 bits per heavy atom. The van der Waals surface area contributed by atoms with Crippen LogP contribution in [0.15, 0.2) is 24.3 Å². The normalized spacial score (nSPS) is 14.1. The number of benzene rings is 1. The van der Waals surface area contributed by atoms with Gasteiger partial charge in [0, 0.05) is 6.42 Å². The van der Waals surface area contributed by atoms with Gasteiger partial charge in [-0.05, 0) is 39.3 Å². The summed E-state index contributed by atoms with van der Waals surface area (Å²) in [6.07, 6.45) is -1.33. The molecule has 1 heterocycles. The molecule has 0 radical (unpaired) electrons. The van der Waals surface area contributed by atoms with Gasteiger partial charge in [-0.3, -0.25) is 14.4 Å². The highest BCUT2D eigenvalue weighted by Crippen LogP contribution is 2.23. The number of hydrogen-bond donors (Lipinski definition) is 1. The molecule has 1 aromatic rings.